The standard InChI is InChI=1S/C24H27N3O7S/c1-17-7-9-19(10-8-17)35(31,32)26-20(15-18-5-3-2-4-6-18)22(28)27-13-11-24(12-14-27)16-21(25-34-24)33-23(29)30/h2-10,20,26H,11-16H2,1H3,(H,29,30). The van der Waals surface area contributed by atoms with Gasteiger partial charge >= 0.3 is 6.16 Å². The average Bonchev–Trinajstić information content (AvgIpc) is 3.20. The van der Waals surface area contributed by atoms with Crippen molar-refractivity contribution in [3.63, 3.8) is 0 Å². The Kier molecular flexibility index (Phi) is 7.08. The summed E-state index contributed by atoms with van der Waals surface area (Å²) in [4.78, 5) is 31.4. The molecule has 1 unspecified atom stereocenters. The molecule has 186 valence electrons. The number of carbonyl (C=O) groups excluding carboxylic acids is 1. The van der Waals surface area contributed by atoms with Crippen LogP contribution in [0.15, 0.2) is 64.6 Å². The SMILES string of the molecule is Cc1ccc(S(=O)(=O)NC(Cc2ccccc2)C(=O)N2CCC3(CC2)CC(OC(=O)O)=NO3)cc1. The van der Waals surface area contributed by atoms with Gasteiger partial charge in [-0.1, -0.05) is 53.2 Å². The average molecular weight is 502 g/mol. The van der Waals surface area contributed by atoms with Gasteiger partial charge < -0.3 is 19.6 Å². The second kappa shape index (κ2) is 10.0. The maximum atomic E-state index is 13.5. The van der Waals surface area contributed by atoms with Crippen molar-refractivity contribution in [1.82, 2.24) is 9.62 Å². The van der Waals surface area contributed by atoms with Crippen molar-refractivity contribution >= 4 is 28.0 Å². The topological polar surface area (TPSA) is 135 Å². The molecule has 4 rings (SSSR count). The number of amides is 1. The van der Waals surface area contributed by atoms with Gasteiger partial charge in [-0.3, -0.25) is 4.79 Å². The van der Waals surface area contributed by atoms with E-state index in [0.29, 0.717) is 25.9 Å². The minimum atomic E-state index is -3.93. The van der Waals surface area contributed by atoms with E-state index in [-0.39, 0.29) is 29.5 Å². The lowest BCUT2D eigenvalue weighted by molar-refractivity contribution is -0.138. The molecule has 2 aromatic carbocycles. The number of rotatable bonds is 6. The van der Waals surface area contributed by atoms with Crippen molar-refractivity contribution in [3.05, 3.63) is 65.7 Å². The number of oxime groups is 1. The Morgan fingerprint density at radius 3 is 2.43 bits per heavy atom. The summed E-state index contributed by atoms with van der Waals surface area (Å²) in [5.41, 5.74) is 1.03. The number of hydrogen-bond donors (Lipinski definition) is 2. The van der Waals surface area contributed by atoms with Gasteiger partial charge in [0, 0.05) is 25.9 Å². The summed E-state index contributed by atoms with van der Waals surface area (Å²) in [6.07, 6.45) is -0.228. The summed E-state index contributed by atoms with van der Waals surface area (Å²) in [6.45, 7) is 2.49. The number of likely N-dealkylation sites (tertiary alicyclic amines) is 1. The molecular weight excluding hydrogens is 474 g/mol. The van der Waals surface area contributed by atoms with E-state index in [0.717, 1.165) is 11.1 Å². The minimum absolute atomic E-state index is 0.00918. The fourth-order valence-corrected chi connectivity index (χ4v) is 5.46. The lowest BCUT2D eigenvalue weighted by Crippen LogP contribution is -2.54. The molecule has 0 saturated carbocycles. The number of piperidine rings is 1. The summed E-state index contributed by atoms with van der Waals surface area (Å²) in [7, 11) is -3.93. The number of aryl methyl sites for hydroxylation is 1. The van der Waals surface area contributed by atoms with Crippen molar-refractivity contribution in [2.24, 2.45) is 5.16 Å². The van der Waals surface area contributed by atoms with Gasteiger partial charge in [0.2, 0.25) is 21.8 Å². The molecule has 1 fully saturated rings. The van der Waals surface area contributed by atoms with Crippen molar-refractivity contribution in [2.45, 2.75) is 49.1 Å². The van der Waals surface area contributed by atoms with E-state index in [2.05, 4.69) is 14.6 Å². The maximum absolute atomic E-state index is 13.5. The Bertz CT molecular complexity index is 1210. The van der Waals surface area contributed by atoms with E-state index in [4.69, 9.17) is 9.94 Å². The van der Waals surface area contributed by atoms with Crippen LogP contribution in [0.2, 0.25) is 0 Å². The van der Waals surface area contributed by atoms with E-state index < -0.39 is 27.8 Å². The Morgan fingerprint density at radius 2 is 1.80 bits per heavy atom. The molecule has 0 radical (unpaired) electrons. The van der Waals surface area contributed by atoms with Crippen LogP contribution < -0.4 is 4.72 Å². The van der Waals surface area contributed by atoms with Gasteiger partial charge in [-0.25, -0.2) is 13.2 Å². The number of carbonyl (C=O) groups is 2. The zero-order valence-electron chi connectivity index (χ0n) is 19.2. The first-order chi connectivity index (χ1) is 16.7. The number of ether oxygens (including phenoxy) is 1. The number of nitrogens with one attached hydrogen (secondary N) is 1. The zero-order valence-corrected chi connectivity index (χ0v) is 20.0. The van der Waals surface area contributed by atoms with E-state index in [1.54, 1.807) is 17.0 Å². The van der Waals surface area contributed by atoms with Crippen LogP contribution in [0.1, 0.15) is 30.4 Å². The van der Waals surface area contributed by atoms with Crippen LogP contribution in [-0.4, -0.2) is 61.1 Å². The van der Waals surface area contributed by atoms with Gasteiger partial charge in [0.05, 0.1) is 11.3 Å². The highest BCUT2D eigenvalue weighted by atomic mass is 32.2. The molecule has 1 spiro atoms. The van der Waals surface area contributed by atoms with Gasteiger partial charge in [-0.05, 0) is 31.0 Å². The van der Waals surface area contributed by atoms with Gasteiger partial charge in [0.1, 0.15) is 11.6 Å². The summed E-state index contributed by atoms with van der Waals surface area (Å²) < 4.78 is 33.4. The second-order valence-corrected chi connectivity index (χ2v) is 10.5. The first-order valence-electron chi connectivity index (χ1n) is 11.2. The largest absolute Gasteiger partial charge is 0.512 e. The highest BCUT2D eigenvalue weighted by Crippen LogP contribution is 2.35. The first kappa shape index (κ1) is 24.7. The molecule has 2 N–H and O–H groups in total. The van der Waals surface area contributed by atoms with Crippen LogP contribution in [0.5, 0.6) is 0 Å². The van der Waals surface area contributed by atoms with Gasteiger partial charge in [0.15, 0.2) is 0 Å². The molecule has 35 heavy (non-hydrogen) atoms. The number of nitrogens with zero attached hydrogens (tertiary/aromatic N) is 2. The first-order valence-corrected chi connectivity index (χ1v) is 12.7. The molecular formula is C24H27N3O7S. The maximum Gasteiger partial charge on any atom is 0.512 e. The van der Waals surface area contributed by atoms with Crippen LogP contribution in [0, 0.1) is 6.92 Å². The van der Waals surface area contributed by atoms with E-state index >= 15 is 0 Å². The summed E-state index contributed by atoms with van der Waals surface area (Å²) >= 11 is 0. The summed E-state index contributed by atoms with van der Waals surface area (Å²) in [5, 5.41) is 12.5. The molecule has 1 amide bonds. The van der Waals surface area contributed by atoms with Crippen molar-refractivity contribution in [1.29, 1.82) is 0 Å². The third-order valence-electron chi connectivity index (χ3n) is 6.22. The number of hydrogen-bond acceptors (Lipinski definition) is 7. The van der Waals surface area contributed by atoms with E-state index in [1.807, 2.05) is 37.3 Å². The highest BCUT2D eigenvalue weighted by Gasteiger charge is 2.45. The highest BCUT2D eigenvalue weighted by molar-refractivity contribution is 7.89. The Morgan fingerprint density at radius 1 is 1.14 bits per heavy atom. The molecule has 0 bridgehead atoms. The molecule has 0 aliphatic carbocycles. The van der Waals surface area contributed by atoms with Crippen LogP contribution in [-0.2, 0) is 30.8 Å². The van der Waals surface area contributed by atoms with Gasteiger partial charge in [-0.2, -0.15) is 4.72 Å². The molecule has 1 saturated heterocycles. The minimum Gasteiger partial charge on any atom is -0.449 e. The molecule has 2 aromatic rings. The Balaban J connectivity index is 1.47. The smallest absolute Gasteiger partial charge is 0.449 e. The van der Waals surface area contributed by atoms with E-state index in [9.17, 15) is 18.0 Å². The van der Waals surface area contributed by atoms with Crippen molar-refractivity contribution in [3.8, 4) is 0 Å². The normalized spacial score (nSPS) is 18.0. The zero-order chi connectivity index (χ0) is 25.1. The quantitative estimate of drug-likeness (QED) is 0.581. The number of sulfonamides is 1. The van der Waals surface area contributed by atoms with Crippen LogP contribution >= 0.6 is 0 Å². The van der Waals surface area contributed by atoms with Crippen molar-refractivity contribution < 1.29 is 32.7 Å². The second-order valence-electron chi connectivity index (χ2n) is 8.81. The Labute approximate surface area is 203 Å². The molecule has 2 aliphatic heterocycles. The van der Waals surface area contributed by atoms with E-state index in [1.165, 1.54) is 12.1 Å². The van der Waals surface area contributed by atoms with Crippen LogP contribution in [0.3, 0.4) is 0 Å². The summed E-state index contributed by atoms with van der Waals surface area (Å²) in [5.74, 6) is -0.342. The fourth-order valence-electron chi connectivity index (χ4n) is 4.27. The molecule has 11 heteroatoms. The fraction of sp³-hybridized carbons (Fsp3) is 0.375. The number of benzene rings is 2. The molecule has 0 aromatic heterocycles. The van der Waals surface area contributed by atoms with Crippen LogP contribution in [0.25, 0.3) is 0 Å². The predicted octanol–water partition coefficient (Wildman–Crippen LogP) is 2.67. The molecule has 1 atom stereocenters. The van der Waals surface area contributed by atoms with Gasteiger partial charge in [0.25, 0.3) is 0 Å². The number of carboxylic acid groups (broad SMARTS) is 1. The Hall–Kier alpha value is -3.44. The third-order valence-corrected chi connectivity index (χ3v) is 7.70. The predicted molar refractivity (Wildman–Crippen MR) is 126 cm³/mol. The monoisotopic (exact) mass is 501 g/mol. The van der Waals surface area contributed by atoms with Crippen molar-refractivity contribution in [2.75, 3.05) is 13.1 Å². The third kappa shape index (κ3) is 5.98. The van der Waals surface area contributed by atoms with Gasteiger partial charge in [-0.15, -0.1) is 0 Å². The lowest BCUT2D eigenvalue weighted by Gasteiger charge is -2.38. The molecule has 2 heterocycles. The lowest BCUT2D eigenvalue weighted by atomic mass is 9.88. The summed E-state index contributed by atoms with van der Waals surface area (Å²) in [6, 6.07) is 14.7. The van der Waals surface area contributed by atoms with Crippen LogP contribution in [0.4, 0.5) is 4.79 Å². The molecule has 10 nitrogen and oxygen atoms in total. The molecule has 2 aliphatic rings.